The Morgan fingerprint density at radius 2 is 1.70 bits per heavy atom. The third-order valence-electron chi connectivity index (χ3n) is 2.75. The van der Waals surface area contributed by atoms with Crippen LogP contribution in [0.5, 0.6) is 0 Å². The molecule has 0 radical (unpaired) electrons. The highest BCUT2D eigenvalue weighted by molar-refractivity contribution is 9.11. The lowest BCUT2D eigenvalue weighted by atomic mass is 10.2. The first-order chi connectivity index (χ1) is 9.45. The van der Waals surface area contributed by atoms with Crippen LogP contribution in [0.15, 0.2) is 51.4 Å². The van der Waals surface area contributed by atoms with Crippen molar-refractivity contribution in [2.75, 3.05) is 24.3 Å². The van der Waals surface area contributed by atoms with Crippen LogP contribution in [-0.4, -0.2) is 20.0 Å². The predicted molar refractivity (Wildman–Crippen MR) is 90.6 cm³/mol. The summed E-state index contributed by atoms with van der Waals surface area (Å²) in [4.78, 5) is 14.2. The van der Waals surface area contributed by atoms with Crippen molar-refractivity contribution < 1.29 is 4.79 Å². The number of hydrogen-bond acceptors (Lipinski definition) is 2. The molecule has 2 rings (SSSR count). The van der Waals surface area contributed by atoms with E-state index < -0.39 is 0 Å². The highest BCUT2D eigenvalue weighted by atomic mass is 79.9. The Morgan fingerprint density at radius 3 is 2.30 bits per heavy atom. The van der Waals surface area contributed by atoms with Crippen LogP contribution >= 0.6 is 31.9 Å². The number of halogens is 2. The van der Waals surface area contributed by atoms with E-state index in [0.717, 1.165) is 20.3 Å². The fraction of sp³-hybridized carbons (Fsp3) is 0.133. The van der Waals surface area contributed by atoms with Gasteiger partial charge < -0.3 is 10.2 Å². The van der Waals surface area contributed by atoms with Crippen molar-refractivity contribution in [3.8, 4) is 0 Å². The number of carbonyl (C=O) groups is 1. The summed E-state index contributed by atoms with van der Waals surface area (Å²) in [7, 11) is 3.93. The predicted octanol–water partition coefficient (Wildman–Crippen LogP) is 4.53. The average Bonchev–Trinajstić information content (AvgIpc) is 2.37. The molecule has 0 spiro atoms. The average molecular weight is 398 g/mol. The molecule has 0 unspecified atom stereocenters. The Morgan fingerprint density at radius 1 is 1.05 bits per heavy atom. The van der Waals surface area contributed by atoms with E-state index in [0.29, 0.717) is 5.56 Å². The topological polar surface area (TPSA) is 32.3 Å². The van der Waals surface area contributed by atoms with Gasteiger partial charge in [0.25, 0.3) is 5.91 Å². The van der Waals surface area contributed by atoms with E-state index in [1.807, 2.05) is 49.3 Å². The summed E-state index contributed by atoms with van der Waals surface area (Å²) in [5.41, 5.74) is 2.41. The van der Waals surface area contributed by atoms with Crippen LogP contribution < -0.4 is 10.2 Å². The van der Waals surface area contributed by atoms with Crippen molar-refractivity contribution in [1.29, 1.82) is 0 Å². The molecular weight excluding hydrogens is 384 g/mol. The molecule has 1 N–H and O–H groups in total. The molecule has 0 aromatic heterocycles. The Labute approximate surface area is 135 Å². The molecule has 20 heavy (non-hydrogen) atoms. The monoisotopic (exact) mass is 396 g/mol. The summed E-state index contributed by atoms with van der Waals surface area (Å²) in [5.74, 6) is -0.136. The van der Waals surface area contributed by atoms with Crippen molar-refractivity contribution in [2.45, 2.75) is 0 Å². The lowest BCUT2D eigenvalue weighted by Gasteiger charge is -2.14. The molecule has 0 saturated carbocycles. The minimum atomic E-state index is -0.136. The summed E-state index contributed by atoms with van der Waals surface area (Å²) < 4.78 is 1.72. The summed E-state index contributed by atoms with van der Waals surface area (Å²) >= 11 is 6.76. The maximum Gasteiger partial charge on any atom is 0.255 e. The summed E-state index contributed by atoms with van der Waals surface area (Å²) in [6, 6.07) is 13.2. The van der Waals surface area contributed by atoms with Gasteiger partial charge in [-0.15, -0.1) is 0 Å². The first kappa shape index (κ1) is 15.1. The van der Waals surface area contributed by atoms with E-state index in [9.17, 15) is 4.79 Å². The molecule has 0 heterocycles. The Hall–Kier alpha value is -1.33. The summed E-state index contributed by atoms with van der Waals surface area (Å²) in [5, 5.41) is 2.90. The van der Waals surface area contributed by atoms with Crippen LogP contribution in [0.1, 0.15) is 10.4 Å². The number of carbonyl (C=O) groups excluding carboxylic acids is 1. The Kier molecular flexibility index (Phi) is 4.83. The largest absolute Gasteiger partial charge is 0.378 e. The minimum absolute atomic E-state index is 0.136. The second-order valence-corrected chi connectivity index (χ2v) is 6.39. The van der Waals surface area contributed by atoms with Gasteiger partial charge in [0.15, 0.2) is 0 Å². The molecule has 0 atom stereocenters. The van der Waals surface area contributed by atoms with E-state index in [1.165, 1.54) is 0 Å². The number of nitrogens with one attached hydrogen (secondary N) is 1. The van der Waals surface area contributed by atoms with Gasteiger partial charge in [-0.05, 0) is 36.4 Å². The fourth-order valence-electron chi connectivity index (χ4n) is 1.75. The maximum absolute atomic E-state index is 12.2. The lowest BCUT2D eigenvalue weighted by Crippen LogP contribution is -2.13. The molecule has 1 amide bonds. The van der Waals surface area contributed by atoms with Gasteiger partial charge >= 0.3 is 0 Å². The van der Waals surface area contributed by atoms with Crippen LogP contribution in [0.2, 0.25) is 0 Å². The number of amides is 1. The van der Waals surface area contributed by atoms with Gasteiger partial charge in [-0.25, -0.2) is 0 Å². The van der Waals surface area contributed by atoms with E-state index in [-0.39, 0.29) is 5.91 Å². The Balaban J connectivity index is 2.21. The van der Waals surface area contributed by atoms with Crippen molar-refractivity contribution >= 4 is 49.1 Å². The first-order valence-electron chi connectivity index (χ1n) is 6.00. The highest BCUT2D eigenvalue weighted by Crippen LogP contribution is 2.22. The van der Waals surface area contributed by atoms with Crippen LogP contribution in [0, 0.1) is 0 Å². The lowest BCUT2D eigenvalue weighted by molar-refractivity contribution is 0.102. The number of anilines is 2. The normalized spacial score (nSPS) is 10.2. The minimum Gasteiger partial charge on any atom is -0.378 e. The third-order valence-corrected chi connectivity index (χ3v) is 3.66. The third kappa shape index (κ3) is 3.84. The zero-order chi connectivity index (χ0) is 14.7. The highest BCUT2D eigenvalue weighted by Gasteiger charge is 2.08. The molecule has 2 aromatic rings. The molecule has 5 heteroatoms. The maximum atomic E-state index is 12.2. The number of hydrogen-bond donors (Lipinski definition) is 1. The summed E-state index contributed by atoms with van der Waals surface area (Å²) in [6.45, 7) is 0. The van der Waals surface area contributed by atoms with Crippen molar-refractivity contribution in [2.24, 2.45) is 0 Å². The molecule has 0 aliphatic rings. The molecule has 104 valence electrons. The van der Waals surface area contributed by atoms with Gasteiger partial charge in [0, 0.05) is 40.0 Å². The molecule has 0 aliphatic carbocycles. The SMILES string of the molecule is CN(C)c1cccc(NC(=O)c2cc(Br)cc(Br)c2)c1. The number of rotatable bonds is 3. The standard InChI is InChI=1S/C15H14Br2N2O/c1-19(2)14-5-3-4-13(9-14)18-15(20)10-6-11(16)8-12(17)7-10/h3-9H,1-2H3,(H,18,20). The molecule has 0 fully saturated rings. The number of benzene rings is 2. The van der Waals surface area contributed by atoms with E-state index in [2.05, 4.69) is 37.2 Å². The number of nitrogens with zero attached hydrogens (tertiary/aromatic N) is 1. The zero-order valence-corrected chi connectivity index (χ0v) is 14.3. The van der Waals surface area contributed by atoms with E-state index >= 15 is 0 Å². The smallest absolute Gasteiger partial charge is 0.255 e. The summed E-state index contributed by atoms with van der Waals surface area (Å²) in [6.07, 6.45) is 0. The van der Waals surface area contributed by atoms with Crippen LogP contribution in [-0.2, 0) is 0 Å². The molecule has 2 aromatic carbocycles. The van der Waals surface area contributed by atoms with Gasteiger partial charge in [0.2, 0.25) is 0 Å². The second-order valence-electron chi connectivity index (χ2n) is 4.56. The van der Waals surface area contributed by atoms with Crippen molar-refractivity contribution in [3.05, 3.63) is 57.0 Å². The van der Waals surface area contributed by atoms with Crippen LogP contribution in [0.4, 0.5) is 11.4 Å². The van der Waals surface area contributed by atoms with Gasteiger partial charge in [-0.2, -0.15) is 0 Å². The van der Waals surface area contributed by atoms with Gasteiger partial charge in [-0.1, -0.05) is 37.9 Å². The molecule has 0 saturated heterocycles. The van der Waals surface area contributed by atoms with Gasteiger partial charge in [0.05, 0.1) is 0 Å². The molecule has 0 aliphatic heterocycles. The Bertz CT molecular complexity index is 621. The van der Waals surface area contributed by atoms with Crippen molar-refractivity contribution in [1.82, 2.24) is 0 Å². The first-order valence-corrected chi connectivity index (χ1v) is 7.59. The second kappa shape index (κ2) is 6.41. The van der Waals surface area contributed by atoms with E-state index in [1.54, 1.807) is 12.1 Å². The van der Waals surface area contributed by atoms with Crippen LogP contribution in [0.25, 0.3) is 0 Å². The molecule has 0 bridgehead atoms. The molecular formula is C15H14Br2N2O. The van der Waals surface area contributed by atoms with Gasteiger partial charge in [0.1, 0.15) is 0 Å². The van der Waals surface area contributed by atoms with Gasteiger partial charge in [-0.3, -0.25) is 4.79 Å². The van der Waals surface area contributed by atoms with Crippen molar-refractivity contribution in [3.63, 3.8) is 0 Å². The fourth-order valence-corrected chi connectivity index (χ4v) is 3.04. The van der Waals surface area contributed by atoms with E-state index in [4.69, 9.17) is 0 Å². The zero-order valence-electron chi connectivity index (χ0n) is 11.2. The molecule has 3 nitrogen and oxygen atoms in total. The quantitative estimate of drug-likeness (QED) is 0.825. The van der Waals surface area contributed by atoms with Crippen LogP contribution in [0.3, 0.4) is 0 Å².